The van der Waals surface area contributed by atoms with E-state index in [0.717, 1.165) is 5.56 Å². The first-order valence-electron chi connectivity index (χ1n) is 8.57. The van der Waals surface area contributed by atoms with E-state index < -0.39 is 6.04 Å². The van der Waals surface area contributed by atoms with Crippen LogP contribution in [0.25, 0.3) is 0 Å². The number of nitrogens with one attached hydrogen (secondary N) is 1. The van der Waals surface area contributed by atoms with Gasteiger partial charge in [0.15, 0.2) is 0 Å². The number of likely N-dealkylation sites (N-methyl/N-ethyl adjacent to an activating group) is 1. The second kappa shape index (κ2) is 9.40. The number of methoxy groups -OCH3 is 2. The molecule has 144 valence electrons. The zero-order valence-corrected chi connectivity index (χ0v) is 15.5. The van der Waals surface area contributed by atoms with Gasteiger partial charge in [0.2, 0.25) is 11.8 Å². The van der Waals surface area contributed by atoms with Crippen LogP contribution in [0.15, 0.2) is 18.2 Å². The Morgan fingerprint density at radius 1 is 1.31 bits per heavy atom. The van der Waals surface area contributed by atoms with Gasteiger partial charge in [-0.25, -0.2) is 0 Å². The predicted octanol–water partition coefficient (Wildman–Crippen LogP) is -0.155. The highest BCUT2D eigenvalue weighted by Gasteiger charge is 2.32. The van der Waals surface area contributed by atoms with Gasteiger partial charge in [-0.2, -0.15) is 0 Å². The number of aliphatic hydroxyl groups is 1. The van der Waals surface area contributed by atoms with Gasteiger partial charge in [0, 0.05) is 39.3 Å². The van der Waals surface area contributed by atoms with Crippen molar-refractivity contribution in [2.24, 2.45) is 0 Å². The van der Waals surface area contributed by atoms with Crippen LogP contribution in [0.2, 0.25) is 0 Å². The van der Waals surface area contributed by atoms with Crippen LogP contribution in [0.3, 0.4) is 0 Å². The maximum absolute atomic E-state index is 12.3. The molecule has 1 saturated heterocycles. The first-order valence-corrected chi connectivity index (χ1v) is 8.57. The molecule has 2 N–H and O–H groups in total. The molecule has 0 bridgehead atoms. The van der Waals surface area contributed by atoms with Gasteiger partial charge >= 0.3 is 0 Å². The number of hydrogen-bond acceptors (Lipinski definition) is 6. The Morgan fingerprint density at radius 2 is 1.96 bits per heavy atom. The lowest BCUT2D eigenvalue weighted by molar-refractivity contribution is -0.138. The van der Waals surface area contributed by atoms with Crippen molar-refractivity contribution in [3.8, 4) is 11.5 Å². The van der Waals surface area contributed by atoms with Crippen molar-refractivity contribution in [1.82, 2.24) is 15.1 Å². The minimum absolute atomic E-state index is 0.0729. The van der Waals surface area contributed by atoms with Crippen LogP contribution >= 0.6 is 0 Å². The van der Waals surface area contributed by atoms with E-state index in [1.165, 1.54) is 4.90 Å². The lowest BCUT2D eigenvalue weighted by Crippen LogP contribution is -2.56. The molecule has 1 aromatic carbocycles. The second-order valence-corrected chi connectivity index (χ2v) is 6.24. The van der Waals surface area contributed by atoms with E-state index in [9.17, 15) is 9.59 Å². The van der Waals surface area contributed by atoms with Crippen molar-refractivity contribution in [2.75, 3.05) is 47.5 Å². The first kappa shape index (κ1) is 20.0. The number of nitrogens with zero attached hydrogens (tertiary/aromatic N) is 2. The summed E-state index contributed by atoms with van der Waals surface area (Å²) in [5.74, 6) is 1.03. The minimum Gasteiger partial charge on any atom is -0.497 e. The largest absolute Gasteiger partial charge is 0.497 e. The van der Waals surface area contributed by atoms with Gasteiger partial charge in [-0.05, 0) is 17.7 Å². The number of rotatable bonds is 8. The fourth-order valence-corrected chi connectivity index (χ4v) is 2.96. The third kappa shape index (κ3) is 5.09. The minimum atomic E-state index is -0.547. The summed E-state index contributed by atoms with van der Waals surface area (Å²) in [5.41, 5.74) is 0.942. The van der Waals surface area contributed by atoms with Gasteiger partial charge < -0.3 is 24.8 Å². The molecule has 0 aliphatic carbocycles. The summed E-state index contributed by atoms with van der Waals surface area (Å²) in [7, 11) is 4.80. The highest BCUT2D eigenvalue weighted by atomic mass is 16.5. The van der Waals surface area contributed by atoms with Crippen molar-refractivity contribution in [3.05, 3.63) is 23.8 Å². The third-order valence-corrected chi connectivity index (χ3v) is 4.47. The van der Waals surface area contributed by atoms with E-state index in [4.69, 9.17) is 14.6 Å². The summed E-state index contributed by atoms with van der Waals surface area (Å²) in [6.45, 7) is 1.83. The monoisotopic (exact) mass is 365 g/mol. The van der Waals surface area contributed by atoms with Gasteiger partial charge in [-0.1, -0.05) is 0 Å². The molecule has 1 aliphatic heterocycles. The molecule has 1 fully saturated rings. The van der Waals surface area contributed by atoms with Crippen LogP contribution in [0.5, 0.6) is 11.5 Å². The van der Waals surface area contributed by atoms with Crippen molar-refractivity contribution < 1.29 is 24.2 Å². The van der Waals surface area contributed by atoms with Gasteiger partial charge in [-0.15, -0.1) is 0 Å². The van der Waals surface area contributed by atoms with Crippen LogP contribution in [-0.2, 0) is 16.1 Å². The van der Waals surface area contributed by atoms with Crippen LogP contribution < -0.4 is 14.8 Å². The number of carbonyl (C=O) groups is 2. The predicted molar refractivity (Wildman–Crippen MR) is 96.1 cm³/mol. The summed E-state index contributed by atoms with van der Waals surface area (Å²) in [4.78, 5) is 28.1. The molecular formula is C18H27N3O5. The lowest BCUT2D eigenvalue weighted by atomic mass is 10.1. The molecule has 8 nitrogen and oxygen atoms in total. The van der Waals surface area contributed by atoms with E-state index >= 15 is 0 Å². The van der Waals surface area contributed by atoms with Crippen molar-refractivity contribution >= 4 is 11.8 Å². The molecule has 26 heavy (non-hydrogen) atoms. The molecule has 0 radical (unpaired) electrons. The Balaban J connectivity index is 2.15. The smallest absolute Gasteiger partial charge is 0.237 e. The molecule has 2 amide bonds. The molecule has 8 heteroatoms. The van der Waals surface area contributed by atoms with Gasteiger partial charge in [0.1, 0.15) is 11.5 Å². The molecule has 0 spiro atoms. The van der Waals surface area contributed by atoms with E-state index in [1.54, 1.807) is 27.3 Å². The van der Waals surface area contributed by atoms with Crippen molar-refractivity contribution in [1.29, 1.82) is 0 Å². The van der Waals surface area contributed by atoms with Crippen LogP contribution in [0, 0.1) is 0 Å². The Morgan fingerprint density at radius 3 is 2.54 bits per heavy atom. The molecule has 1 atom stereocenters. The van der Waals surface area contributed by atoms with Crippen LogP contribution in [-0.4, -0.2) is 80.3 Å². The zero-order chi connectivity index (χ0) is 19.1. The maximum Gasteiger partial charge on any atom is 0.237 e. The van der Waals surface area contributed by atoms with E-state index in [0.29, 0.717) is 31.1 Å². The van der Waals surface area contributed by atoms with Gasteiger partial charge in [0.25, 0.3) is 0 Å². The Bertz CT molecular complexity index is 615. The maximum atomic E-state index is 12.3. The molecule has 0 unspecified atom stereocenters. The molecule has 2 rings (SSSR count). The van der Waals surface area contributed by atoms with Crippen LogP contribution in [0.4, 0.5) is 0 Å². The standard InChI is InChI=1S/C18H27N3O5/c1-20(6-7-22)17(23)11-16-18(24)19-4-5-21(16)12-13-8-14(25-2)10-15(9-13)26-3/h8-10,16,22H,4-7,11-12H2,1-3H3,(H,19,24)/t16-/m1/s1. The second-order valence-electron chi connectivity index (χ2n) is 6.24. The van der Waals surface area contributed by atoms with E-state index in [2.05, 4.69) is 5.32 Å². The average Bonchev–Trinajstić information content (AvgIpc) is 2.64. The third-order valence-electron chi connectivity index (χ3n) is 4.47. The number of piperazine rings is 1. The summed E-state index contributed by atoms with van der Waals surface area (Å²) in [6.07, 6.45) is 0.0729. The Labute approximate surface area is 153 Å². The molecule has 1 aromatic rings. The normalized spacial score (nSPS) is 17.5. The summed E-state index contributed by atoms with van der Waals surface area (Å²) < 4.78 is 10.6. The summed E-state index contributed by atoms with van der Waals surface area (Å²) >= 11 is 0. The van der Waals surface area contributed by atoms with Crippen molar-refractivity contribution in [2.45, 2.75) is 19.0 Å². The fourth-order valence-electron chi connectivity index (χ4n) is 2.96. The lowest BCUT2D eigenvalue weighted by Gasteiger charge is -2.35. The number of benzene rings is 1. The number of hydrogen-bond donors (Lipinski definition) is 2. The number of ether oxygens (including phenoxy) is 2. The number of amides is 2. The van der Waals surface area contributed by atoms with Crippen LogP contribution in [0.1, 0.15) is 12.0 Å². The fraction of sp³-hybridized carbons (Fsp3) is 0.556. The van der Waals surface area contributed by atoms with E-state index in [-0.39, 0.29) is 31.4 Å². The highest BCUT2D eigenvalue weighted by molar-refractivity contribution is 5.88. The van der Waals surface area contributed by atoms with Gasteiger partial charge in [0.05, 0.1) is 33.3 Å². The first-order chi connectivity index (χ1) is 12.5. The SMILES string of the molecule is COc1cc(CN2CCNC(=O)[C@H]2CC(=O)N(C)CCO)cc(OC)c1. The van der Waals surface area contributed by atoms with E-state index in [1.807, 2.05) is 17.0 Å². The Kier molecular flexibility index (Phi) is 7.23. The van der Waals surface area contributed by atoms with Crippen molar-refractivity contribution in [3.63, 3.8) is 0 Å². The summed E-state index contributed by atoms with van der Waals surface area (Å²) in [6, 6.07) is 5.03. The zero-order valence-electron chi connectivity index (χ0n) is 15.5. The molecular weight excluding hydrogens is 338 g/mol. The molecule has 1 aliphatic rings. The molecule has 1 heterocycles. The quantitative estimate of drug-likeness (QED) is 0.666. The van der Waals surface area contributed by atoms with Gasteiger partial charge in [-0.3, -0.25) is 14.5 Å². The molecule has 0 aromatic heterocycles. The number of aliphatic hydroxyl groups excluding tert-OH is 1. The highest BCUT2D eigenvalue weighted by Crippen LogP contribution is 2.24. The topological polar surface area (TPSA) is 91.3 Å². The Hall–Kier alpha value is -2.32. The average molecular weight is 365 g/mol. The molecule has 0 saturated carbocycles. The summed E-state index contributed by atoms with van der Waals surface area (Å²) in [5, 5.41) is 11.8. The number of carbonyl (C=O) groups excluding carboxylic acids is 2.